The van der Waals surface area contributed by atoms with Crippen molar-refractivity contribution in [3.63, 3.8) is 0 Å². The predicted octanol–water partition coefficient (Wildman–Crippen LogP) is 5.84. The fourth-order valence-corrected chi connectivity index (χ4v) is 2.72. The molecule has 0 aromatic heterocycles. The summed E-state index contributed by atoms with van der Waals surface area (Å²) in [6.07, 6.45) is 9.02. The van der Waals surface area contributed by atoms with E-state index in [1.165, 1.54) is 24.0 Å². The molecule has 0 atom stereocenters. The van der Waals surface area contributed by atoms with E-state index in [0.717, 1.165) is 12.8 Å². The second kappa shape index (κ2) is 8.18. The number of unbranched alkanes of at least 4 members (excludes halogenated alkanes) is 1. The Hall–Kier alpha value is -1.32. The van der Waals surface area contributed by atoms with Crippen LogP contribution in [0.1, 0.15) is 65.9 Å². The van der Waals surface area contributed by atoms with Gasteiger partial charge in [-0.05, 0) is 52.5 Å². The first-order valence-corrected chi connectivity index (χ1v) is 9.11. The number of hydrogen-bond acceptors (Lipinski definition) is 2. The molecule has 1 saturated heterocycles. The van der Waals surface area contributed by atoms with E-state index in [1.807, 2.05) is 0 Å². The molecule has 0 spiro atoms. The van der Waals surface area contributed by atoms with Crippen LogP contribution in [-0.4, -0.2) is 18.3 Å². The molecule has 1 aromatic carbocycles. The molecule has 0 N–H and O–H groups in total. The monoisotopic (exact) mass is 326 g/mol. The summed E-state index contributed by atoms with van der Waals surface area (Å²) in [6.45, 7) is 10.6. The summed E-state index contributed by atoms with van der Waals surface area (Å²) in [6, 6.07) is 10.5. The topological polar surface area (TPSA) is 18.5 Å². The van der Waals surface area contributed by atoms with Gasteiger partial charge in [-0.15, -0.1) is 0 Å². The van der Waals surface area contributed by atoms with Gasteiger partial charge in [-0.2, -0.15) is 0 Å². The zero-order valence-electron chi connectivity index (χ0n) is 15.8. The van der Waals surface area contributed by atoms with Crippen LogP contribution in [0, 0.1) is 0 Å². The number of allylic oxidation sites excluding steroid dienone is 2. The molecule has 0 saturated carbocycles. The van der Waals surface area contributed by atoms with Crippen LogP contribution in [0.15, 0.2) is 48.0 Å². The van der Waals surface area contributed by atoms with Crippen LogP contribution in [0.2, 0.25) is 0 Å². The summed E-state index contributed by atoms with van der Waals surface area (Å²) < 4.78 is 12.0. The number of benzene rings is 1. The largest absolute Gasteiger partial charge is 0.486 e. The van der Waals surface area contributed by atoms with E-state index in [9.17, 15) is 0 Å². The average Bonchev–Trinajstić information content (AvgIpc) is 2.73. The van der Waals surface area contributed by atoms with E-state index < -0.39 is 0 Å². The quantitative estimate of drug-likeness (QED) is 0.586. The molecule has 1 aliphatic rings. The van der Waals surface area contributed by atoms with Crippen molar-refractivity contribution < 1.29 is 9.31 Å². The molecule has 0 radical (unpaired) electrons. The van der Waals surface area contributed by atoms with Crippen molar-refractivity contribution in [1.29, 1.82) is 0 Å². The smallest absolute Gasteiger partial charge is 0.400 e. The van der Waals surface area contributed by atoms with Crippen LogP contribution in [0.4, 0.5) is 0 Å². The zero-order chi connectivity index (χ0) is 17.6. The lowest BCUT2D eigenvalue weighted by atomic mass is 9.88. The standard InChI is InChI=1S/C21H31BO2/c1-6-7-12-18(17-19-13-9-8-10-14-19)15-11-16-22-23-20(2,3)21(4,5)24-22/h8-11,13-14,16-17H,6-7,12,15H2,1-5H3/b16-11+,18-17+. The van der Waals surface area contributed by atoms with Crippen LogP contribution < -0.4 is 0 Å². The Morgan fingerprint density at radius 1 is 1.04 bits per heavy atom. The molecule has 3 heteroatoms. The van der Waals surface area contributed by atoms with Gasteiger partial charge in [0.15, 0.2) is 0 Å². The minimum Gasteiger partial charge on any atom is -0.400 e. The normalized spacial score (nSPS) is 20.0. The van der Waals surface area contributed by atoms with Crippen LogP contribution in [0.3, 0.4) is 0 Å². The van der Waals surface area contributed by atoms with Crippen molar-refractivity contribution in [2.45, 2.75) is 71.5 Å². The Morgan fingerprint density at radius 3 is 2.25 bits per heavy atom. The van der Waals surface area contributed by atoms with Crippen LogP contribution in [-0.2, 0) is 9.31 Å². The van der Waals surface area contributed by atoms with Crippen LogP contribution in [0.5, 0.6) is 0 Å². The summed E-state index contributed by atoms with van der Waals surface area (Å²) in [4.78, 5) is 0. The maximum Gasteiger partial charge on any atom is 0.486 e. The third-order valence-corrected chi connectivity index (χ3v) is 4.97. The van der Waals surface area contributed by atoms with Gasteiger partial charge in [0, 0.05) is 0 Å². The highest BCUT2D eigenvalue weighted by Gasteiger charge is 2.49. The molecule has 1 aromatic rings. The maximum absolute atomic E-state index is 6.02. The molecule has 0 bridgehead atoms. The van der Waals surface area contributed by atoms with Gasteiger partial charge in [0.2, 0.25) is 0 Å². The first-order valence-electron chi connectivity index (χ1n) is 9.11. The summed E-state index contributed by atoms with van der Waals surface area (Å²) >= 11 is 0. The van der Waals surface area contributed by atoms with Gasteiger partial charge in [-0.3, -0.25) is 0 Å². The van der Waals surface area contributed by atoms with Crippen molar-refractivity contribution in [2.24, 2.45) is 0 Å². The van der Waals surface area contributed by atoms with Crippen molar-refractivity contribution >= 4 is 13.2 Å². The molecule has 2 nitrogen and oxygen atoms in total. The first-order chi connectivity index (χ1) is 11.3. The molecule has 1 aliphatic heterocycles. The van der Waals surface area contributed by atoms with Crippen LogP contribution >= 0.6 is 0 Å². The Balaban J connectivity index is 1.99. The van der Waals surface area contributed by atoms with Crippen molar-refractivity contribution in [2.75, 3.05) is 0 Å². The molecule has 0 aliphatic carbocycles. The van der Waals surface area contributed by atoms with Gasteiger partial charge >= 0.3 is 7.12 Å². The second-order valence-electron chi connectivity index (χ2n) is 7.57. The fraction of sp³-hybridized carbons (Fsp3) is 0.524. The number of hydrogen-bond donors (Lipinski definition) is 0. The van der Waals surface area contributed by atoms with E-state index in [-0.39, 0.29) is 18.3 Å². The molecule has 0 amide bonds. The summed E-state index contributed by atoms with van der Waals surface area (Å²) in [5, 5.41) is 0. The minimum absolute atomic E-state index is 0.251. The summed E-state index contributed by atoms with van der Waals surface area (Å²) in [7, 11) is -0.251. The third kappa shape index (κ3) is 5.09. The Morgan fingerprint density at radius 2 is 1.67 bits per heavy atom. The highest BCUT2D eigenvalue weighted by atomic mass is 16.7. The molecule has 2 rings (SSSR count). The van der Waals surface area contributed by atoms with Gasteiger partial charge in [0.05, 0.1) is 11.2 Å². The lowest BCUT2D eigenvalue weighted by Crippen LogP contribution is -2.41. The van der Waals surface area contributed by atoms with Crippen molar-refractivity contribution in [3.05, 3.63) is 53.5 Å². The Kier molecular flexibility index (Phi) is 6.48. The predicted molar refractivity (Wildman–Crippen MR) is 104 cm³/mol. The van der Waals surface area contributed by atoms with Gasteiger partial charge < -0.3 is 9.31 Å². The summed E-state index contributed by atoms with van der Waals surface area (Å²) in [5.41, 5.74) is 2.18. The van der Waals surface area contributed by atoms with Crippen molar-refractivity contribution in [3.8, 4) is 0 Å². The molecule has 130 valence electrons. The highest BCUT2D eigenvalue weighted by molar-refractivity contribution is 6.51. The molecule has 24 heavy (non-hydrogen) atoms. The first kappa shape index (κ1) is 19.0. The fourth-order valence-electron chi connectivity index (χ4n) is 2.72. The van der Waals surface area contributed by atoms with Crippen LogP contribution in [0.25, 0.3) is 6.08 Å². The zero-order valence-corrected chi connectivity index (χ0v) is 15.8. The van der Waals surface area contributed by atoms with Crippen molar-refractivity contribution in [1.82, 2.24) is 0 Å². The highest BCUT2D eigenvalue weighted by Crippen LogP contribution is 2.36. The second-order valence-corrected chi connectivity index (χ2v) is 7.57. The Bertz CT molecular complexity index is 557. The van der Waals surface area contributed by atoms with Gasteiger partial charge in [-0.25, -0.2) is 0 Å². The summed E-state index contributed by atoms with van der Waals surface area (Å²) in [5.74, 6) is 2.06. The average molecular weight is 326 g/mol. The van der Waals surface area contributed by atoms with E-state index >= 15 is 0 Å². The molecular weight excluding hydrogens is 295 g/mol. The van der Waals surface area contributed by atoms with E-state index in [1.54, 1.807) is 0 Å². The van der Waals surface area contributed by atoms with Gasteiger partial charge in [-0.1, -0.05) is 67.4 Å². The lowest BCUT2D eigenvalue weighted by molar-refractivity contribution is 0.00578. The van der Waals surface area contributed by atoms with E-state index in [0.29, 0.717) is 0 Å². The number of rotatable bonds is 7. The lowest BCUT2D eigenvalue weighted by Gasteiger charge is -2.32. The minimum atomic E-state index is -0.271. The third-order valence-electron chi connectivity index (χ3n) is 4.97. The maximum atomic E-state index is 6.02. The van der Waals surface area contributed by atoms with E-state index in [2.05, 4.69) is 83.1 Å². The molecule has 1 fully saturated rings. The van der Waals surface area contributed by atoms with Gasteiger partial charge in [0.25, 0.3) is 0 Å². The Labute approximate surface area is 148 Å². The van der Waals surface area contributed by atoms with Gasteiger partial charge in [0.1, 0.15) is 0 Å². The molecule has 0 unspecified atom stereocenters. The van der Waals surface area contributed by atoms with E-state index in [4.69, 9.17) is 9.31 Å². The molecular formula is C21H31BO2. The molecule has 1 heterocycles. The SMILES string of the molecule is CCCC/C(=C\c1ccccc1)C/C=C/B1OC(C)(C)C(C)(C)O1.